The third-order valence-electron chi connectivity index (χ3n) is 3.44. The van der Waals surface area contributed by atoms with Gasteiger partial charge in [0.05, 0.1) is 0 Å². The normalized spacial score (nSPS) is 20.4. The fourth-order valence-electron chi connectivity index (χ4n) is 2.31. The van der Waals surface area contributed by atoms with Crippen LogP contribution in [0.1, 0.15) is 45.4 Å². The molecule has 1 amide bonds. The third kappa shape index (κ3) is 2.30. The fraction of sp³-hybridized carbons (Fsp3) is 0.818. The highest BCUT2D eigenvalue weighted by molar-refractivity contribution is 5.85. The summed E-state index contributed by atoms with van der Waals surface area (Å²) in [6.45, 7) is 1.43. The van der Waals surface area contributed by atoms with Crippen LogP contribution in [0.25, 0.3) is 0 Å². The minimum absolute atomic E-state index is 0.167. The molecule has 0 aromatic rings. The monoisotopic (exact) mass is 213 g/mol. The molecule has 1 rings (SSSR count). The number of amides is 1. The SMILES string of the molecule is CC(=O)N(C)C1(C(=O)O)CCCCCC1. The van der Waals surface area contributed by atoms with Crippen molar-refractivity contribution in [3.05, 3.63) is 0 Å². The molecule has 4 heteroatoms. The van der Waals surface area contributed by atoms with Crippen LogP contribution in [0.5, 0.6) is 0 Å². The zero-order valence-corrected chi connectivity index (χ0v) is 9.45. The maximum atomic E-state index is 11.4. The van der Waals surface area contributed by atoms with E-state index in [1.165, 1.54) is 11.8 Å². The van der Waals surface area contributed by atoms with Crippen molar-refractivity contribution in [3.8, 4) is 0 Å². The molecule has 0 aromatic carbocycles. The number of aliphatic carboxylic acids is 1. The molecule has 0 saturated heterocycles. The smallest absolute Gasteiger partial charge is 0.329 e. The lowest BCUT2D eigenvalue weighted by Crippen LogP contribution is -2.54. The predicted molar refractivity (Wildman–Crippen MR) is 56.5 cm³/mol. The summed E-state index contributed by atoms with van der Waals surface area (Å²) in [5.41, 5.74) is -0.956. The zero-order valence-electron chi connectivity index (χ0n) is 9.45. The summed E-state index contributed by atoms with van der Waals surface area (Å²) in [6, 6.07) is 0. The van der Waals surface area contributed by atoms with Crippen LogP contribution < -0.4 is 0 Å². The molecular weight excluding hydrogens is 194 g/mol. The molecule has 0 unspecified atom stereocenters. The number of carbonyl (C=O) groups is 2. The van der Waals surface area contributed by atoms with Gasteiger partial charge in [-0.2, -0.15) is 0 Å². The molecule has 0 aromatic heterocycles. The average molecular weight is 213 g/mol. The summed E-state index contributed by atoms with van der Waals surface area (Å²) in [4.78, 5) is 24.1. The lowest BCUT2D eigenvalue weighted by atomic mass is 9.88. The van der Waals surface area contributed by atoms with Crippen LogP contribution in [0.4, 0.5) is 0 Å². The first-order chi connectivity index (χ1) is 7.00. The van der Waals surface area contributed by atoms with E-state index in [4.69, 9.17) is 0 Å². The summed E-state index contributed by atoms with van der Waals surface area (Å²) in [7, 11) is 1.60. The number of carboxylic acids is 1. The second kappa shape index (κ2) is 4.64. The molecule has 15 heavy (non-hydrogen) atoms. The number of rotatable bonds is 2. The fourth-order valence-corrected chi connectivity index (χ4v) is 2.31. The zero-order chi connectivity index (χ0) is 11.5. The van der Waals surface area contributed by atoms with E-state index in [2.05, 4.69) is 0 Å². The van der Waals surface area contributed by atoms with Crippen LogP contribution in [-0.4, -0.2) is 34.5 Å². The van der Waals surface area contributed by atoms with E-state index >= 15 is 0 Å². The molecule has 4 nitrogen and oxygen atoms in total. The summed E-state index contributed by atoms with van der Waals surface area (Å²) in [5.74, 6) is -1.03. The van der Waals surface area contributed by atoms with Crippen molar-refractivity contribution < 1.29 is 14.7 Å². The lowest BCUT2D eigenvalue weighted by molar-refractivity contribution is -0.158. The Morgan fingerprint density at radius 3 is 1.93 bits per heavy atom. The number of carbonyl (C=O) groups excluding carboxylic acids is 1. The van der Waals surface area contributed by atoms with Crippen molar-refractivity contribution in [1.29, 1.82) is 0 Å². The highest BCUT2D eigenvalue weighted by atomic mass is 16.4. The molecule has 0 atom stereocenters. The summed E-state index contributed by atoms with van der Waals surface area (Å²) in [5, 5.41) is 9.34. The Kier molecular flexibility index (Phi) is 3.72. The van der Waals surface area contributed by atoms with E-state index in [9.17, 15) is 14.7 Å². The first kappa shape index (κ1) is 12.0. The number of nitrogens with zero attached hydrogens (tertiary/aromatic N) is 1. The molecule has 1 saturated carbocycles. The van der Waals surface area contributed by atoms with Crippen LogP contribution >= 0.6 is 0 Å². The van der Waals surface area contributed by atoms with Crippen molar-refractivity contribution in [3.63, 3.8) is 0 Å². The molecule has 0 heterocycles. The molecule has 0 spiro atoms. The van der Waals surface area contributed by atoms with Crippen LogP contribution in [0.15, 0.2) is 0 Å². The maximum Gasteiger partial charge on any atom is 0.329 e. The van der Waals surface area contributed by atoms with Gasteiger partial charge in [-0.05, 0) is 12.8 Å². The van der Waals surface area contributed by atoms with Gasteiger partial charge in [-0.25, -0.2) is 4.79 Å². The van der Waals surface area contributed by atoms with Crippen LogP contribution in [0.3, 0.4) is 0 Å². The summed E-state index contributed by atoms with van der Waals surface area (Å²) in [6.07, 6.45) is 5.09. The molecule has 1 aliphatic carbocycles. The van der Waals surface area contributed by atoms with Gasteiger partial charge in [0.25, 0.3) is 0 Å². The standard InChI is InChI=1S/C11H19NO3/c1-9(13)12(2)11(10(14)15)7-5-3-4-6-8-11/h3-8H2,1-2H3,(H,14,15). The third-order valence-corrected chi connectivity index (χ3v) is 3.44. The Labute approximate surface area is 90.3 Å². The van der Waals surface area contributed by atoms with Gasteiger partial charge in [-0.1, -0.05) is 25.7 Å². The van der Waals surface area contributed by atoms with Gasteiger partial charge in [0.2, 0.25) is 5.91 Å². The van der Waals surface area contributed by atoms with E-state index in [0.717, 1.165) is 25.7 Å². The summed E-state index contributed by atoms with van der Waals surface area (Å²) >= 11 is 0. The first-order valence-electron chi connectivity index (χ1n) is 5.48. The molecular formula is C11H19NO3. The number of hydrogen-bond donors (Lipinski definition) is 1. The largest absolute Gasteiger partial charge is 0.479 e. The van der Waals surface area contributed by atoms with Crippen LogP contribution in [0.2, 0.25) is 0 Å². The van der Waals surface area contributed by atoms with Crippen LogP contribution in [0, 0.1) is 0 Å². The Morgan fingerprint density at radius 1 is 1.13 bits per heavy atom. The van der Waals surface area contributed by atoms with E-state index in [1.54, 1.807) is 7.05 Å². The highest BCUT2D eigenvalue weighted by Crippen LogP contribution is 2.32. The van der Waals surface area contributed by atoms with Gasteiger partial charge in [0.15, 0.2) is 0 Å². The highest BCUT2D eigenvalue weighted by Gasteiger charge is 2.43. The van der Waals surface area contributed by atoms with E-state index in [0.29, 0.717) is 12.8 Å². The maximum absolute atomic E-state index is 11.4. The molecule has 1 aliphatic rings. The number of likely N-dealkylation sites (N-methyl/N-ethyl adjacent to an activating group) is 1. The van der Waals surface area contributed by atoms with Crippen molar-refractivity contribution >= 4 is 11.9 Å². The Morgan fingerprint density at radius 2 is 1.60 bits per heavy atom. The summed E-state index contributed by atoms with van der Waals surface area (Å²) < 4.78 is 0. The second-order valence-electron chi connectivity index (χ2n) is 4.33. The van der Waals surface area contributed by atoms with Crippen molar-refractivity contribution in [2.24, 2.45) is 0 Å². The van der Waals surface area contributed by atoms with Crippen molar-refractivity contribution in [2.45, 2.75) is 51.0 Å². The number of hydrogen-bond acceptors (Lipinski definition) is 2. The molecule has 0 bridgehead atoms. The van der Waals surface area contributed by atoms with E-state index in [1.807, 2.05) is 0 Å². The first-order valence-corrected chi connectivity index (χ1v) is 5.48. The van der Waals surface area contributed by atoms with Gasteiger partial charge < -0.3 is 10.0 Å². The van der Waals surface area contributed by atoms with E-state index in [-0.39, 0.29) is 5.91 Å². The van der Waals surface area contributed by atoms with Gasteiger partial charge in [-0.15, -0.1) is 0 Å². The molecule has 86 valence electrons. The Hall–Kier alpha value is -1.06. The molecule has 0 radical (unpaired) electrons. The van der Waals surface area contributed by atoms with Crippen molar-refractivity contribution in [2.75, 3.05) is 7.05 Å². The van der Waals surface area contributed by atoms with Gasteiger partial charge >= 0.3 is 5.97 Å². The molecule has 0 aliphatic heterocycles. The van der Waals surface area contributed by atoms with E-state index < -0.39 is 11.5 Å². The minimum Gasteiger partial charge on any atom is -0.479 e. The lowest BCUT2D eigenvalue weighted by Gasteiger charge is -2.37. The Balaban J connectivity index is 2.94. The average Bonchev–Trinajstić information content (AvgIpc) is 2.42. The molecule has 1 N–H and O–H groups in total. The molecule has 1 fully saturated rings. The van der Waals surface area contributed by atoms with Gasteiger partial charge in [0, 0.05) is 14.0 Å². The number of carboxylic acid groups (broad SMARTS) is 1. The second-order valence-corrected chi connectivity index (χ2v) is 4.33. The topological polar surface area (TPSA) is 57.6 Å². The predicted octanol–water partition coefficient (Wildman–Crippen LogP) is 1.64. The van der Waals surface area contributed by atoms with Gasteiger partial charge in [-0.3, -0.25) is 4.79 Å². The Bertz CT molecular complexity index is 255. The minimum atomic E-state index is -0.956. The quantitative estimate of drug-likeness (QED) is 0.709. The van der Waals surface area contributed by atoms with Crippen molar-refractivity contribution in [1.82, 2.24) is 4.90 Å². The van der Waals surface area contributed by atoms with Gasteiger partial charge in [0.1, 0.15) is 5.54 Å². The van der Waals surface area contributed by atoms with Crippen LogP contribution in [-0.2, 0) is 9.59 Å².